The van der Waals surface area contributed by atoms with Gasteiger partial charge >= 0.3 is 0 Å². The Balaban J connectivity index is 4.63. The molecule has 6 nitrogen and oxygen atoms in total. The van der Waals surface area contributed by atoms with Crippen LogP contribution in [0.5, 0.6) is 0 Å². The van der Waals surface area contributed by atoms with Gasteiger partial charge in [-0.05, 0) is 18.3 Å². The van der Waals surface area contributed by atoms with Crippen molar-refractivity contribution in [3.05, 3.63) is 0 Å². The molecule has 0 heterocycles. The van der Waals surface area contributed by atoms with Crippen LogP contribution in [0.1, 0.15) is 19.8 Å². The lowest BCUT2D eigenvalue weighted by Gasteiger charge is -2.38. The molecule has 0 bridgehead atoms. The summed E-state index contributed by atoms with van der Waals surface area (Å²) in [5.41, 5.74) is 4.50. The molecule has 0 aromatic heterocycles. The fourth-order valence-electron chi connectivity index (χ4n) is 1.41. The summed E-state index contributed by atoms with van der Waals surface area (Å²) in [6.07, 6.45) is 0.330. The van der Waals surface area contributed by atoms with Crippen LogP contribution in [0.25, 0.3) is 0 Å². The third-order valence-corrected chi connectivity index (χ3v) is 2.53. The number of hydrogen-bond acceptors (Lipinski definition) is 6. The van der Waals surface area contributed by atoms with E-state index >= 15 is 0 Å². The van der Waals surface area contributed by atoms with Crippen LogP contribution in [0.2, 0.25) is 0 Å². The largest absolute Gasteiger partial charge is 0.396 e. The Morgan fingerprint density at radius 1 is 1.07 bits per heavy atom. The molecule has 0 aliphatic heterocycles. The van der Waals surface area contributed by atoms with Crippen molar-refractivity contribution in [2.24, 2.45) is 11.1 Å². The summed E-state index contributed by atoms with van der Waals surface area (Å²) in [5, 5.41) is 44.2. The van der Waals surface area contributed by atoms with Gasteiger partial charge in [0.25, 0.3) is 5.97 Å². The molecule has 0 radical (unpaired) electrons. The molecule has 0 spiro atoms. The summed E-state index contributed by atoms with van der Waals surface area (Å²) >= 11 is 0. The second-order valence-corrected chi connectivity index (χ2v) is 3.77. The van der Waals surface area contributed by atoms with Crippen LogP contribution >= 0.6 is 0 Å². The van der Waals surface area contributed by atoms with Crippen molar-refractivity contribution in [3.63, 3.8) is 0 Å². The fourth-order valence-corrected chi connectivity index (χ4v) is 1.41. The highest BCUT2D eigenvalue weighted by atomic mass is 16.7. The van der Waals surface area contributed by atoms with Gasteiger partial charge < -0.3 is 31.3 Å². The van der Waals surface area contributed by atoms with E-state index in [1.807, 2.05) is 0 Å². The summed E-state index contributed by atoms with van der Waals surface area (Å²) in [6.45, 7) is 1.14. The van der Waals surface area contributed by atoms with Crippen LogP contribution in [0, 0.1) is 5.41 Å². The maximum atomic E-state index is 8.90. The summed E-state index contributed by atoms with van der Waals surface area (Å²) in [4.78, 5) is 0. The van der Waals surface area contributed by atoms with E-state index in [2.05, 4.69) is 0 Å². The fraction of sp³-hybridized carbons (Fsp3) is 1.00. The van der Waals surface area contributed by atoms with E-state index < -0.39 is 17.4 Å². The molecule has 1 unspecified atom stereocenters. The third kappa shape index (κ3) is 3.49. The lowest BCUT2D eigenvalue weighted by atomic mass is 9.76. The van der Waals surface area contributed by atoms with E-state index in [1.54, 1.807) is 6.92 Å². The van der Waals surface area contributed by atoms with Crippen LogP contribution in [0.15, 0.2) is 0 Å². The van der Waals surface area contributed by atoms with E-state index in [9.17, 15) is 0 Å². The van der Waals surface area contributed by atoms with E-state index in [0.29, 0.717) is 0 Å². The molecule has 6 heteroatoms. The zero-order valence-corrected chi connectivity index (χ0v) is 8.22. The SMILES string of the molecule is CC(CCO)(CCO)C(N)C(O)(O)O. The lowest BCUT2D eigenvalue weighted by molar-refractivity contribution is -0.336. The molecule has 0 saturated carbocycles. The average Bonchev–Trinajstić information content (AvgIpc) is 2.02. The standard InChI is InChI=1S/C8H19NO5/c1-7(2-4-10,3-5-11)6(9)8(12,13)14/h6,10-14H,2-5,9H2,1H3. The van der Waals surface area contributed by atoms with E-state index in [1.165, 1.54) is 0 Å². The maximum Gasteiger partial charge on any atom is 0.292 e. The minimum absolute atomic E-state index is 0.165. The molecule has 1 atom stereocenters. The normalized spacial score (nSPS) is 15.6. The first kappa shape index (κ1) is 13.8. The zero-order valence-electron chi connectivity index (χ0n) is 8.22. The van der Waals surface area contributed by atoms with Crippen LogP contribution < -0.4 is 5.73 Å². The number of aliphatic hydroxyl groups is 5. The van der Waals surface area contributed by atoms with E-state index in [0.717, 1.165) is 0 Å². The summed E-state index contributed by atoms with van der Waals surface area (Å²) in [7, 11) is 0. The summed E-state index contributed by atoms with van der Waals surface area (Å²) in [6, 6.07) is -1.35. The van der Waals surface area contributed by atoms with Gasteiger partial charge in [0.05, 0.1) is 6.04 Å². The predicted molar refractivity (Wildman–Crippen MR) is 48.9 cm³/mol. The van der Waals surface area contributed by atoms with Gasteiger partial charge in [0, 0.05) is 13.2 Å². The highest BCUT2D eigenvalue weighted by Gasteiger charge is 2.43. The van der Waals surface area contributed by atoms with Crippen LogP contribution in [0.3, 0.4) is 0 Å². The number of rotatable bonds is 6. The van der Waals surface area contributed by atoms with Gasteiger partial charge in [-0.3, -0.25) is 0 Å². The van der Waals surface area contributed by atoms with Gasteiger partial charge in [0.1, 0.15) is 0 Å². The first-order chi connectivity index (χ1) is 6.28. The Morgan fingerprint density at radius 3 is 1.64 bits per heavy atom. The van der Waals surface area contributed by atoms with Gasteiger partial charge in [-0.25, -0.2) is 0 Å². The molecule has 0 aliphatic rings. The maximum absolute atomic E-state index is 8.90. The summed E-state index contributed by atoms with van der Waals surface area (Å²) in [5.74, 6) is -3.00. The Hall–Kier alpha value is -0.240. The lowest BCUT2D eigenvalue weighted by Crippen LogP contribution is -2.57. The third-order valence-electron chi connectivity index (χ3n) is 2.53. The van der Waals surface area contributed by atoms with Gasteiger partial charge in [-0.1, -0.05) is 6.92 Å². The Bertz CT molecular complexity index is 162. The molecule has 0 saturated heterocycles. The first-order valence-electron chi connectivity index (χ1n) is 4.42. The van der Waals surface area contributed by atoms with Crippen molar-refractivity contribution in [2.45, 2.75) is 31.8 Å². The number of hydrogen-bond donors (Lipinski definition) is 6. The second-order valence-electron chi connectivity index (χ2n) is 3.77. The quantitative estimate of drug-likeness (QED) is 0.273. The first-order valence-corrected chi connectivity index (χ1v) is 4.42. The molecule has 86 valence electrons. The minimum atomic E-state index is -3.00. The highest BCUT2D eigenvalue weighted by Crippen LogP contribution is 2.32. The average molecular weight is 209 g/mol. The monoisotopic (exact) mass is 209 g/mol. The predicted octanol–water partition coefficient (Wildman–Crippen LogP) is -2.28. The minimum Gasteiger partial charge on any atom is -0.396 e. The summed E-state index contributed by atoms with van der Waals surface area (Å²) < 4.78 is 0. The number of aliphatic hydroxyl groups excluding tert-OH is 2. The van der Waals surface area contributed by atoms with E-state index in [4.69, 9.17) is 31.3 Å². The molecule has 0 aliphatic carbocycles. The van der Waals surface area contributed by atoms with Crippen molar-refractivity contribution in [1.82, 2.24) is 0 Å². The molecule has 0 aromatic rings. The second kappa shape index (κ2) is 5.01. The molecule has 0 amide bonds. The zero-order chi connectivity index (χ0) is 11.4. The highest BCUT2D eigenvalue weighted by molar-refractivity contribution is 4.89. The molecular formula is C8H19NO5. The van der Waals surface area contributed by atoms with Crippen LogP contribution in [-0.4, -0.2) is 50.8 Å². The van der Waals surface area contributed by atoms with Crippen LogP contribution in [0.4, 0.5) is 0 Å². The van der Waals surface area contributed by atoms with Crippen molar-refractivity contribution >= 4 is 0 Å². The van der Waals surface area contributed by atoms with Gasteiger partial charge in [0.15, 0.2) is 0 Å². The van der Waals surface area contributed by atoms with Crippen molar-refractivity contribution in [3.8, 4) is 0 Å². The topological polar surface area (TPSA) is 127 Å². The molecule has 0 rings (SSSR count). The van der Waals surface area contributed by atoms with Crippen molar-refractivity contribution < 1.29 is 25.5 Å². The Labute approximate surface area is 82.6 Å². The van der Waals surface area contributed by atoms with Crippen molar-refractivity contribution in [1.29, 1.82) is 0 Å². The molecule has 0 fully saturated rings. The molecule has 7 N–H and O–H groups in total. The van der Waals surface area contributed by atoms with Gasteiger partial charge in [-0.2, -0.15) is 0 Å². The molecule has 14 heavy (non-hydrogen) atoms. The number of nitrogens with two attached hydrogens (primary N) is 1. The molecular weight excluding hydrogens is 190 g/mol. The van der Waals surface area contributed by atoms with Crippen molar-refractivity contribution in [2.75, 3.05) is 13.2 Å². The Kier molecular flexibility index (Phi) is 4.93. The Morgan fingerprint density at radius 2 is 1.43 bits per heavy atom. The van der Waals surface area contributed by atoms with Gasteiger partial charge in [-0.15, -0.1) is 0 Å². The smallest absolute Gasteiger partial charge is 0.292 e. The molecule has 0 aromatic carbocycles. The van der Waals surface area contributed by atoms with Gasteiger partial charge in [0.2, 0.25) is 0 Å². The van der Waals surface area contributed by atoms with Crippen LogP contribution in [-0.2, 0) is 0 Å². The van der Waals surface area contributed by atoms with E-state index in [-0.39, 0.29) is 26.1 Å².